The van der Waals surface area contributed by atoms with Crippen LogP contribution >= 0.6 is 0 Å². The fourth-order valence-corrected chi connectivity index (χ4v) is 3.39. The second kappa shape index (κ2) is 6.48. The standard InChI is InChI=1S/C15H23NOS/c1-12-8-13(2)10-14(9-12)11-18(17)7-3-6-16-15-4-5-15/h8-10,15-16H,3-7,11H2,1-2H3. The lowest BCUT2D eigenvalue weighted by Gasteiger charge is -2.06. The summed E-state index contributed by atoms with van der Waals surface area (Å²) in [5.74, 6) is 1.51. The summed E-state index contributed by atoms with van der Waals surface area (Å²) in [5.41, 5.74) is 3.73. The lowest BCUT2D eigenvalue weighted by molar-refractivity contribution is 0.657. The van der Waals surface area contributed by atoms with E-state index in [9.17, 15) is 4.21 Å². The molecule has 3 heteroatoms. The highest BCUT2D eigenvalue weighted by atomic mass is 32.2. The van der Waals surface area contributed by atoms with E-state index in [1.165, 1.54) is 29.5 Å². The van der Waals surface area contributed by atoms with Gasteiger partial charge in [0, 0.05) is 28.3 Å². The third-order valence-corrected chi connectivity index (χ3v) is 4.57. The summed E-state index contributed by atoms with van der Waals surface area (Å²) in [4.78, 5) is 0. The molecule has 2 nitrogen and oxygen atoms in total. The molecule has 1 aromatic carbocycles. The summed E-state index contributed by atoms with van der Waals surface area (Å²) in [6, 6.07) is 7.21. The lowest BCUT2D eigenvalue weighted by Crippen LogP contribution is -2.19. The molecular formula is C15H23NOS. The van der Waals surface area contributed by atoms with Crippen LogP contribution in [0.2, 0.25) is 0 Å². The van der Waals surface area contributed by atoms with Crippen LogP contribution in [0.5, 0.6) is 0 Å². The first-order chi connectivity index (χ1) is 8.63. The van der Waals surface area contributed by atoms with Crippen LogP contribution in [0.1, 0.15) is 36.0 Å². The van der Waals surface area contributed by atoms with Gasteiger partial charge in [-0.3, -0.25) is 4.21 Å². The van der Waals surface area contributed by atoms with Gasteiger partial charge in [-0.2, -0.15) is 0 Å². The van der Waals surface area contributed by atoms with Crippen molar-refractivity contribution in [3.05, 3.63) is 34.9 Å². The molecule has 2 rings (SSSR count). The molecule has 1 N–H and O–H groups in total. The highest BCUT2D eigenvalue weighted by molar-refractivity contribution is 7.84. The van der Waals surface area contributed by atoms with Crippen LogP contribution in [0.4, 0.5) is 0 Å². The van der Waals surface area contributed by atoms with Gasteiger partial charge in [0.15, 0.2) is 0 Å². The van der Waals surface area contributed by atoms with Gasteiger partial charge in [0.05, 0.1) is 0 Å². The van der Waals surface area contributed by atoms with Crippen molar-refractivity contribution in [3.8, 4) is 0 Å². The molecule has 0 amide bonds. The molecule has 0 spiro atoms. The predicted octanol–water partition coefficient (Wildman–Crippen LogP) is 2.69. The Morgan fingerprint density at radius 1 is 1.22 bits per heavy atom. The normalized spacial score (nSPS) is 16.8. The third-order valence-electron chi connectivity index (χ3n) is 3.17. The van der Waals surface area contributed by atoms with E-state index < -0.39 is 10.8 Å². The fraction of sp³-hybridized carbons (Fsp3) is 0.600. The van der Waals surface area contributed by atoms with Crippen LogP contribution in [0, 0.1) is 13.8 Å². The van der Waals surface area contributed by atoms with E-state index in [0.717, 1.165) is 24.8 Å². The number of benzene rings is 1. The Bertz CT molecular complexity index is 406. The van der Waals surface area contributed by atoms with Crippen molar-refractivity contribution in [2.24, 2.45) is 0 Å². The summed E-state index contributed by atoms with van der Waals surface area (Å²) in [6.07, 6.45) is 3.67. The van der Waals surface area contributed by atoms with Gasteiger partial charge in [0.2, 0.25) is 0 Å². The van der Waals surface area contributed by atoms with Crippen molar-refractivity contribution < 1.29 is 4.21 Å². The molecule has 0 radical (unpaired) electrons. The van der Waals surface area contributed by atoms with Crippen LogP contribution < -0.4 is 5.32 Å². The Balaban J connectivity index is 1.71. The monoisotopic (exact) mass is 265 g/mol. The van der Waals surface area contributed by atoms with Crippen LogP contribution in [0.3, 0.4) is 0 Å². The minimum absolute atomic E-state index is 0.700. The van der Waals surface area contributed by atoms with E-state index in [0.29, 0.717) is 5.75 Å². The maximum Gasteiger partial charge on any atom is 0.0485 e. The maximum atomic E-state index is 12.0. The molecule has 1 fully saturated rings. The molecule has 1 unspecified atom stereocenters. The van der Waals surface area contributed by atoms with Crippen molar-refractivity contribution in [1.82, 2.24) is 5.32 Å². The van der Waals surface area contributed by atoms with Gasteiger partial charge in [0.1, 0.15) is 0 Å². The van der Waals surface area contributed by atoms with Gasteiger partial charge in [-0.05, 0) is 45.2 Å². The smallest absolute Gasteiger partial charge is 0.0485 e. The summed E-state index contributed by atoms with van der Waals surface area (Å²) in [7, 11) is -0.722. The molecule has 1 saturated carbocycles. The predicted molar refractivity (Wildman–Crippen MR) is 78.3 cm³/mol. The molecule has 0 bridgehead atoms. The summed E-state index contributed by atoms with van der Waals surface area (Å²) in [5, 5.41) is 3.46. The minimum Gasteiger partial charge on any atom is -0.314 e. The first kappa shape index (κ1) is 13.8. The quantitative estimate of drug-likeness (QED) is 0.768. The van der Waals surface area contributed by atoms with Crippen molar-refractivity contribution in [2.45, 2.75) is 44.9 Å². The fourth-order valence-electron chi connectivity index (χ4n) is 2.24. The molecule has 1 aromatic rings. The van der Waals surface area contributed by atoms with E-state index in [1.54, 1.807) is 0 Å². The Labute approximate surface area is 113 Å². The molecule has 0 heterocycles. The van der Waals surface area contributed by atoms with Crippen molar-refractivity contribution in [1.29, 1.82) is 0 Å². The first-order valence-electron chi connectivity index (χ1n) is 6.79. The number of hydrogen-bond acceptors (Lipinski definition) is 2. The van der Waals surface area contributed by atoms with E-state index in [2.05, 4.69) is 37.4 Å². The van der Waals surface area contributed by atoms with Gasteiger partial charge < -0.3 is 5.32 Å². The molecule has 1 aliphatic rings. The van der Waals surface area contributed by atoms with E-state index >= 15 is 0 Å². The second-order valence-corrected chi connectivity index (χ2v) is 6.94. The molecular weight excluding hydrogens is 242 g/mol. The zero-order valence-electron chi connectivity index (χ0n) is 11.4. The highest BCUT2D eigenvalue weighted by Gasteiger charge is 2.19. The average molecular weight is 265 g/mol. The largest absolute Gasteiger partial charge is 0.314 e. The number of rotatable bonds is 7. The van der Waals surface area contributed by atoms with Crippen LogP contribution in [-0.4, -0.2) is 22.5 Å². The molecule has 1 aliphatic carbocycles. The van der Waals surface area contributed by atoms with Crippen LogP contribution in [-0.2, 0) is 16.6 Å². The minimum atomic E-state index is -0.722. The average Bonchev–Trinajstić information content (AvgIpc) is 3.06. The Kier molecular flexibility index (Phi) is 4.95. The van der Waals surface area contributed by atoms with Crippen molar-refractivity contribution in [3.63, 3.8) is 0 Å². The zero-order valence-corrected chi connectivity index (χ0v) is 12.2. The summed E-state index contributed by atoms with van der Waals surface area (Å²) in [6.45, 7) is 5.21. The highest BCUT2D eigenvalue weighted by Crippen LogP contribution is 2.18. The number of nitrogens with one attached hydrogen (secondary N) is 1. The number of hydrogen-bond donors (Lipinski definition) is 1. The Morgan fingerprint density at radius 3 is 2.50 bits per heavy atom. The second-order valence-electron chi connectivity index (χ2n) is 5.37. The van der Waals surface area contributed by atoms with Gasteiger partial charge in [-0.25, -0.2) is 0 Å². The number of aryl methyl sites for hydroxylation is 2. The SMILES string of the molecule is Cc1cc(C)cc(CS(=O)CCCNC2CC2)c1. The molecule has 0 aliphatic heterocycles. The lowest BCUT2D eigenvalue weighted by atomic mass is 10.1. The molecule has 100 valence electrons. The summed E-state index contributed by atoms with van der Waals surface area (Å²) >= 11 is 0. The van der Waals surface area contributed by atoms with Crippen LogP contribution in [0.15, 0.2) is 18.2 Å². The van der Waals surface area contributed by atoms with E-state index in [-0.39, 0.29) is 0 Å². The third kappa shape index (κ3) is 4.91. The summed E-state index contributed by atoms with van der Waals surface area (Å²) < 4.78 is 12.0. The Morgan fingerprint density at radius 2 is 1.89 bits per heavy atom. The zero-order chi connectivity index (χ0) is 13.0. The van der Waals surface area contributed by atoms with Gasteiger partial charge in [-0.15, -0.1) is 0 Å². The van der Waals surface area contributed by atoms with Gasteiger partial charge in [-0.1, -0.05) is 29.3 Å². The first-order valence-corrected chi connectivity index (χ1v) is 8.28. The molecule has 1 atom stereocenters. The van der Waals surface area contributed by atoms with Gasteiger partial charge >= 0.3 is 0 Å². The van der Waals surface area contributed by atoms with E-state index in [4.69, 9.17) is 0 Å². The van der Waals surface area contributed by atoms with E-state index in [1.807, 2.05) is 0 Å². The maximum absolute atomic E-state index is 12.0. The Hall–Kier alpha value is -0.670. The molecule has 0 saturated heterocycles. The molecule has 18 heavy (non-hydrogen) atoms. The van der Waals surface area contributed by atoms with Crippen LogP contribution in [0.25, 0.3) is 0 Å². The van der Waals surface area contributed by atoms with Gasteiger partial charge in [0.25, 0.3) is 0 Å². The topological polar surface area (TPSA) is 29.1 Å². The van der Waals surface area contributed by atoms with Crippen molar-refractivity contribution >= 4 is 10.8 Å². The van der Waals surface area contributed by atoms with Crippen molar-refractivity contribution in [2.75, 3.05) is 12.3 Å². The molecule has 0 aromatic heterocycles.